The number of nitrogens with one attached hydrogen (secondary N) is 2. The number of nitrogens with zero attached hydrogens (tertiary/aromatic N) is 7. The Morgan fingerprint density at radius 3 is 1.55 bits per heavy atom. The third-order valence-corrected chi connectivity index (χ3v) is 12.8. The summed E-state index contributed by atoms with van der Waals surface area (Å²) in [5.74, 6) is 3.20. The zero-order valence-electron chi connectivity index (χ0n) is 35.2. The van der Waals surface area contributed by atoms with Gasteiger partial charge in [-0.15, -0.1) is 0 Å². The second kappa shape index (κ2) is 19.5. The molecule has 0 bridgehead atoms. The Labute approximate surface area is 351 Å². The van der Waals surface area contributed by atoms with E-state index >= 15 is 0 Å². The van der Waals surface area contributed by atoms with Crippen LogP contribution >= 0.6 is 0 Å². The quantitative estimate of drug-likeness (QED) is 0.0622. The summed E-state index contributed by atoms with van der Waals surface area (Å²) in [5.41, 5.74) is 18.0. The minimum absolute atomic E-state index is 0.124. The summed E-state index contributed by atoms with van der Waals surface area (Å²) < 4.78 is 62.3. The van der Waals surface area contributed by atoms with Crippen LogP contribution in [0.3, 0.4) is 0 Å². The summed E-state index contributed by atoms with van der Waals surface area (Å²) >= 11 is 0. The van der Waals surface area contributed by atoms with Crippen LogP contribution in [-0.4, -0.2) is 70.4 Å². The Morgan fingerprint density at radius 1 is 0.650 bits per heavy atom. The molecule has 16 nitrogen and oxygen atoms in total. The maximum absolute atomic E-state index is 12.6. The SMILES string of the molecule is CCCCc1nc2c(N)nc3ccccc3c2n1CCCCNS(=O)(=O)c1c(C)noc1C.CCCCc1nc2c(N)nc3ccccc3c2n1CCCCNS(C)(=O)=O. The molecule has 0 saturated carbocycles. The van der Waals surface area contributed by atoms with Gasteiger partial charge in [0.05, 0.1) is 28.3 Å². The molecule has 0 radical (unpaired) electrons. The number of imidazole rings is 2. The number of nitrogen functional groups attached to an aromatic ring is 2. The van der Waals surface area contributed by atoms with Gasteiger partial charge >= 0.3 is 0 Å². The second-order valence-corrected chi connectivity index (χ2v) is 18.7. The van der Waals surface area contributed by atoms with E-state index in [0.29, 0.717) is 42.6 Å². The fourth-order valence-corrected chi connectivity index (χ4v) is 9.44. The maximum atomic E-state index is 12.6. The van der Waals surface area contributed by atoms with Crippen LogP contribution in [0.2, 0.25) is 0 Å². The Hall–Kier alpha value is -5.17. The number of aromatic nitrogens is 7. The van der Waals surface area contributed by atoms with Gasteiger partial charge in [0, 0.05) is 49.8 Å². The Bertz CT molecular complexity index is 2790. The third kappa shape index (κ3) is 10.2. The molecule has 0 amide bonds. The highest BCUT2D eigenvalue weighted by molar-refractivity contribution is 7.89. The first-order valence-electron chi connectivity index (χ1n) is 20.7. The predicted molar refractivity (Wildman–Crippen MR) is 239 cm³/mol. The molecule has 5 heterocycles. The number of hydrogen-bond acceptors (Lipinski definition) is 12. The number of fused-ring (bicyclic) bond motifs is 6. The van der Waals surface area contributed by atoms with Crippen LogP contribution in [0.1, 0.15) is 88.3 Å². The number of unbranched alkanes of at least 4 members (excludes halogenated alkanes) is 4. The number of aryl methyl sites for hydroxylation is 6. The van der Waals surface area contributed by atoms with E-state index < -0.39 is 20.0 Å². The fraction of sp³-hybridized carbons (Fsp3) is 0.452. The van der Waals surface area contributed by atoms with Gasteiger partial charge in [0.25, 0.3) is 0 Å². The lowest BCUT2D eigenvalue weighted by atomic mass is 10.2. The second-order valence-electron chi connectivity index (χ2n) is 15.1. The van der Waals surface area contributed by atoms with Gasteiger partial charge in [0.2, 0.25) is 20.0 Å². The molecule has 18 heteroatoms. The predicted octanol–water partition coefficient (Wildman–Crippen LogP) is 6.71. The number of para-hydroxylation sites is 2. The van der Waals surface area contributed by atoms with Crippen molar-refractivity contribution in [1.29, 1.82) is 0 Å². The van der Waals surface area contributed by atoms with E-state index in [2.05, 4.69) is 53.6 Å². The molecule has 0 spiro atoms. The summed E-state index contributed by atoms with van der Waals surface area (Å²) in [7, 11) is -6.79. The number of pyridine rings is 2. The smallest absolute Gasteiger partial charge is 0.245 e. The molecule has 0 aliphatic heterocycles. The Morgan fingerprint density at radius 2 is 1.12 bits per heavy atom. The molecule has 322 valence electrons. The Balaban J connectivity index is 0.000000205. The molecule has 2 aromatic carbocycles. The van der Waals surface area contributed by atoms with Crippen molar-refractivity contribution in [2.75, 3.05) is 30.8 Å². The van der Waals surface area contributed by atoms with Crippen molar-refractivity contribution in [2.24, 2.45) is 0 Å². The molecule has 0 aliphatic rings. The summed E-state index contributed by atoms with van der Waals surface area (Å²) in [5, 5.41) is 5.81. The zero-order valence-corrected chi connectivity index (χ0v) is 36.8. The average molecular weight is 860 g/mol. The van der Waals surface area contributed by atoms with Crippen molar-refractivity contribution >= 4 is 75.6 Å². The number of hydrogen-bond donors (Lipinski definition) is 4. The molecule has 60 heavy (non-hydrogen) atoms. The number of anilines is 2. The maximum Gasteiger partial charge on any atom is 0.245 e. The van der Waals surface area contributed by atoms with E-state index in [0.717, 1.165) is 126 Å². The first kappa shape index (κ1) is 44.4. The van der Waals surface area contributed by atoms with Crippen molar-refractivity contribution < 1.29 is 21.4 Å². The summed E-state index contributed by atoms with van der Waals surface area (Å²) in [6.45, 7) is 9.80. The lowest BCUT2D eigenvalue weighted by molar-refractivity contribution is 0.390. The standard InChI is InChI=1S/C23H30N6O3S.C19H27N5O2S/c1-4-5-12-19-27-20-21(17-10-6-7-11-18(17)26-23(20)24)29(19)14-9-8-13-25-33(30,31)22-15(2)28-32-16(22)3;1-3-4-11-16-23-17-18(14-9-5-6-10-15(14)22-19(17)20)24(16)13-8-7-12-21-27(2,25)26/h6-7,10-11,25H,4-5,8-9,12-14H2,1-3H3,(H2,24,26);5-6,9-10,21H,3-4,7-8,11-13H2,1-2H3,(H2,20,22). The van der Waals surface area contributed by atoms with Gasteiger partial charge in [-0.2, -0.15) is 0 Å². The molecule has 0 atom stereocenters. The molecular formula is C42H57N11O5S2. The van der Waals surface area contributed by atoms with Crippen LogP contribution in [0.25, 0.3) is 43.9 Å². The monoisotopic (exact) mass is 859 g/mol. The van der Waals surface area contributed by atoms with E-state index in [-0.39, 0.29) is 4.90 Å². The first-order chi connectivity index (χ1) is 28.7. The van der Waals surface area contributed by atoms with Crippen LogP contribution in [0.15, 0.2) is 57.9 Å². The van der Waals surface area contributed by atoms with Crippen molar-refractivity contribution in [1.82, 2.24) is 43.7 Å². The van der Waals surface area contributed by atoms with E-state index in [1.807, 2.05) is 42.5 Å². The summed E-state index contributed by atoms with van der Waals surface area (Å²) in [6.07, 6.45) is 10.3. The van der Waals surface area contributed by atoms with Crippen molar-refractivity contribution in [3.8, 4) is 0 Å². The average Bonchev–Trinajstić information content (AvgIpc) is 3.89. The van der Waals surface area contributed by atoms with E-state index in [9.17, 15) is 16.8 Å². The molecular weight excluding hydrogens is 803 g/mol. The molecule has 5 aromatic heterocycles. The van der Waals surface area contributed by atoms with Gasteiger partial charge in [0.1, 0.15) is 33.3 Å². The number of nitrogens with two attached hydrogens (primary N) is 2. The highest BCUT2D eigenvalue weighted by atomic mass is 32.2. The molecule has 0 saturated heterocycles. The van der Waals surface area contributed by atoms with Gasteiger partial charge in [-0.25, -0.2) is 46.2 Å². The lowest BCUT2D eigenvalue weighted by Gasteiger charge is -2.11. The van der Waals surface area contributed by atoms with Crippen LogP contribution in [0, 0.1) is 13.8 Å². The number of rotatable bonds is 19. The molecule has 6 N–H and O–H groups in total. The number of benzene rings is 2. The van der Waals surface area contributed by atoms with Gasteiger partial charge in [0.15, 0.2) is 17.4 Å². The lowest BCUT2D eigenvalue weighted by Crippen LogP contribution is -2.26. The third-order valence-electron chi connectivity index (χ3n) is 10.4. The minimum Gasteiger partial charge on any atom is -0.382 e. The van der Waals surface area contributed by atoms with Crippen molar-refractivity contribution in [3.05, 3.63) is 71.6 Å². The van der Waals surface area contributed by atoms with Gasteiger partial charge in [-0.05, 0) is 64.5 Å². The fourth-order valence-electron chi connectivity index (χ4n) is 7.53. The first-order valence-corrected chi connectivity index (χ1v) is 24.0. The minimum atomic E-state index is -3.65. The van der Waals surface area contributed by atoms with Crippen LogP contribution in [-0.2, 0) is 46.0 Å². The van der Waals surface area contributed by atoms with Crippen LogP contribution in [0.4, 0.5) is 11.6 Å². The van der Waals surface area contributed by atoms with Gasteiger partial charge in [-0.3, -0.25) is 0 Å². The molecule has 0 aliphatic carbocycles. The van der Waals surface area contributed by atoms with E-state index in [1.54, 1.807) is 13.8 Å². The Kier molecular flexibility index (Phi) is 14.4. The molecule has 7 rings (SSSR count). The highest BCUT2D eigenvalue weighted by Crippen LogP contribution is 2.31. The molecule has 0 unspecified atom stereocenters. The molecule has 0 fully saturated rings. The van der Waals surface area contributed by atoms with Crippen molar-refractivity contribution in [2.45, 2.75) is 110 Å². The highest BCUT2D eigenvalue weighted by Gasteiger charge is 2.24. The van der Waals surface area contributed by atoms with Crippen molar-refractivity contribution in [3.63, 3.8) is 0 Å². The summed E-state index contributed by atoms with van der Waals surface area (Å²) in [6, 6.07) is 15.9. The molecule has 7 aromatic rings. The van der Waals surface area contributed by atoms with E-state index in [4.69, 9.17) is 26.0 Å². The zero-order chi connectivity index (χ0) is 43.0. The van der Waals surface area contributed by atoms with Gasteiger partial charge < -0.3 is 25.1 Å². The number of sulfonamides is 2. The summed E-state index contributed by atoms with van der Waals surface area (Å²) in [4.78, 5) is 18.8. The largest absolute Gasteiger partial charge is 0.382 e. The topological polar surface area (TPSA) is 232 Å². The normalized spacial score (nSPS) is 12.2. The van der Waals surface area contributed by atoms with Crippen LogP contribution in [0.5, 0.6) is 0 Å². The van der Waals surface area contributed by atoms with Crippen LogP contribution < -0.4 is 20.9 Å². The van der Waals surface area contributed by atoms with Gasteiger partial charge in [-0.1, -0.05) is 68.2 Å². The van der Waals surface area contributed by atoms with E-state index in [1.165, 1.54) is 6.26 Å².